The molecular formula is C16H17N3OS. The van der Waals surface area contributed by atoms with Crippen molar-refractivity contribution >= 4 is 23.9 Å². The van der Waals surface area contributed by atoms with Crippen LogP contribution in [0.15, 0.2) is 59.8 Å². The molecule has 1 aromatic heterocycles. The van der Waals surface area contributed by atoms with Gasteiger partial charge in [-0.25, -0.2) is 5.43 Å². The third kappa shape index (κ3) is 5.39. The Kier molecular flexibility index (Phi) is 5.97. The van der Waals surface area contributed by atoms with E-state index in [-0.39, 0.29) is 11.2 Å². The van der Waals surface area contributed by atoms with Gasteiger partial charge < -0.3 is 0 Å². The van der Waals surface area contributed by atoms with Crippen molar-refractivity contribution in [2.75, 3.05) is 0 Å². The van der Waals surface area contributed by atoms with Crippen LogP contribution in [-0.2, 0) is 10.5 Å². The number of amides is 1. The average Bonchev–Trinajstić information content (AvgIpc) is 2.54. The summed E-state index contributed by atoms with van der Waals surface area (Å²) in [6.45, 7) is 1.87. The summed E-state index contributed by atoms with van der Waals surface area (Å²) >= 11 is 1.58. The van der Waals surface area contributed by atoms with Crippen LogP contribution in [0.25, 0.3) is 0 Å². The number of nitrogens with zero attached hydrogens (tertiary/aromatic N) is 2. The van der Waals surface area contributed by atoms with Crippen LogP contribution in [0.5, 0.6) is 0 Å². The first-order valence-electron chi connectivity index (χ1n) is 6.65. The van der Waals surface area contributed by atoms with Crippen LogP contribution in [0.2, 0.25) is 0 Å². The summed E-state index contributed by atoms with van der Waals surface area (Å²) in [7, 11) is 0. The van der Waals surface area contributed by atoms with Gasteiger partial charge in [0, 0.05) is 11.9 Å². The molecule has 5 heteroatoms. The predicted molar refractivity (Wildman–Crippen MR) is 87.2 cm³/mol. The first-order valence-corrected chi connectivity index (χ1v) is 7.70. The number of hydrogen-bond donors (Lipinski definition) is 1. The second-order valence-electron chi connectivity index (χ2n) is 4.43. The Bertz CT molecular complexity index is 587. The maximum absolute atomic E-state index is 11.9. The van der Waals surface area contributed by atoms with E-state index in [0.29, 0.717) is 5.69 Å². The van der Waals surface area contributed by atoms with E-state index in [2.05, 4.69) is 27.6 Å². The standard InChI is InChI=1S/C16H17N3OS/c1-13(21-12-14-7-3-2-4-8-14)16(20)19-18-11-15-9-5-6-10-17-15/h2-11,13H,12H2,1H3,(H,19,20)/b18-11-/t13-/m0/s1. The number of carbonyl (C=O) groups is 1. The largest absolute Gasteiger partial charge is 0.272 e. The van der Waals surface area contributed by atoms with Gasteiger partial charge in [0.15, 0.2) is 0 Å². The van der Waals surface area contributed by atoms with E-state index >= 15 is 0 Å². The Balaban J connectivity index is 1.76. The molecule has 108 valence electrons. The molecule has 1 N–H and O–H groups in total. The molecule has 0 saturated carbocycles. The Morgan fingerprint density at radius 1 is 1.29 bits per heavy atom. The topological polar surface area (TPSA) is 54.4 Å². The van der Waals surface area contributed by atoms with Crippen molar-refractivity contribution in [3.63, 3.8) is 0 Å². The molecule has 1 amide bonds. The molecule has 0 bridgehead atoms. The van der Waals surface area contributed by atoms with Crippen molar-refractivity contribution in [2.45, 2.75) is 17.9 Å². The third-order valence-electron chi connectivity index (χ3n) is 2.77. The summed E-state index contributed by atoms with van der Waals surface area (Å²) < 4.78 is 0. The highest BCUT2D eigenvalue weighted by Gasteiger charge is 2.12. The van der Waals surface area contributed by atoms with Gasteiger partial charge in [-0.15, -0.1) is 11.8 Å². The maximum Gasteiger partial charge on any atom is 0.252 e. The number of thioether (sulfide) groups is 1. The van der Waals surface area contributed by atoms with Gasteiger partial charge in [-0.2, -0.15) is 5.10 Å². The van der Waals surface area contributed by atoms with Crippen molar-refractivity contribution in [2.24, 2.45) is 5.10 Å². The van der Waals surface area contributed by atoms with Gasteiger partial charge in [-0.3, -0.25) is 9.78 Å². The fourth-order valence-electron chi connectivity index (χ4n) is 1.58. The third-order valence-corrected chi connectivity index (χ3v) is 3.99. The molecule has 0 radical (unpaired) electrons. The Morgan fingerprint density at radius 3 is 2.76 bits per heavy atom. The highest BCUT2D eigenvalue weighted by molar-refractivity contribution is 7.99. The van der Waals surface area contributed by atoms with E-state index in [9.17, 15) is 4.79 Å². The Morgan fingerprint density at radius 2 is 2.05 bits per heavy atom. The molecule has 0 saturated heterocycles. The fourth-order valence-corrected chi connectivity index (χ4v) is 2.42. The molecule has 0 unspecified atom stereocenters. The van der Waals surface area contributed by atoms with Crippen LogP contribution in [0.4, 0.5) is 0 Å². The number of benzene rings is 1. The van der Waals surface area contributed by atoms with Gasteiger partial charge in [0.2, 0.25) is 0 Å². The van der Waals surface area contributed by atoms with Crippen molar-refractivity contribution in [3.05, 3.63) is 66.0 Å². The van der Waals surface area contributed by atoms with Crippen molar-refractivity contribution in [1.29, 1.82) is 0 Å². The molecule has 4 nitrogen and oxygen atoms in total. The monoisotopic (exact) mass is 299 g/mol. The van der Waals surface area contributed by atoms with Crippen LogP contribution in [0.3, 0.4) is 0 Å². The molecule has 0 aliphatic carbocycles. The minimum Gasteiger partial charge on any atom is -0.272 e. The van der Waals surface area contributed by atoms with Crippen molar-refractivity contribution in [1.82, 2.24) is 10.4 Å². The van der Waals surface area contributed by atoms with E-state index in [4.69, 9.17) is 0 Å². The molecule has 2 aromatic rings. The quantitative estimate of drug-likeness (QED) is 0.659. The van der Waals surface area contributed by atoms with Crippen LogP contribution >= 0.6 is 11.8 Å². The van der Waals surface area contributed by atoms with Crippen LogP contribution < -0.4 is 5.43 Å². The highest BCUT2D eigenvalue weighted by atomic mass is 32.2. The number of hydrogen-bond acceptors (Lipinski definition) is 4. The van der Waals surface area contributed by atoms with Gasteiger partial charge >= 0.3 is 0 Å². The Labute approximate surface area is 128 Å². The van der Waals surface area contributed by atoms with E-state index in [1.54, 1.807) is 18.0 Å². The SMILES string of the molecule is C[C@H](SCc1ccccc1)C(=O)N/N=C\c1ccccn1. The number of rotatable bonds is 6. The average molecular weight is 299 g/mol. The van der Waals surface area contributed by atoms with Crippen LogP contribution in [0, 0.1) is 0 Å². The van der Waals surface area contributed by atoms with Crippen molar-refractivity contribution in [3.8, 4) is 0 Å². The molecule has 1 atom stereocenters. The van der Waals surface area contributed by atoms with E-state index in [0.717, 1.165) is 5.75 Å². The zero-order chi connectivity index (χ0) is 14.9. The number of pyridine rings is 1. The van der Waals surface area contributed by atoms with Gasteiger partial charge in [0.1, 0.15) is 0 Å². The molecular weight excluding hydrogens is 282 g/mol. The second kappa shape index (κ2) is 8.21. The predicted octanol–water partition coefficient (Wildman–Crippen LogP) is 2.85. The summed E-state index contributed by atoms with van der Waals surface area (Å²) in [4.78, 5) is 16.0. The maximum atomic E-state index is 11.9. The molecule has 1 heterocycles. The smallest absolute Gasteiger partial charge is 0.252 e. The van der Waals surface area contributed by atoms with Gasteiger partial charge in [-0.05, 0) is 24.6 Å². The second-order valence-corrected chi connectivity index (χ2v) is 5.76. The summed E-state index contributed by atoms with van der Waals surface area (Å²) in [5, 5.41) is 3.76. The molecule has 2 rings (SSSR count). The van der Waals surface area contributed by atoms with E-state index < -0.39 is 0 Å². The van der Waals surface area contributed by atoms with Crippen LogP contribution in [0.1, 0.15) is 18.2 Å². The minimum atomic E-state index is -0.161. The lowest BCUT2D eigenvalue weighted by atomic mass is 10.2. The van der Waals surface area contributed by atoms with Crippen LogP contribution in [-0.4, -0.2) is 22.4 Å². The summed E-state index contributed by atoms with van der Waals surface area (Å²) in [5.41, 5.74) is 4.45. The summed E-state index contributed by atoms with van der Waals surface area (Å²) in [6, 6.07) is 15.6. The van der Waals surface area contributed by atoms with E-state index in [1.165, 1.54) is 11.8 Å². The Hall–Kier alpha value is -2.14. The lowest BCUT2D eigenvalue weighted by Gasteiger charge is -2.09. The molecule has 0 aliphatic rings. The van der Waals surface area contributed by atoms with Gasteiger partial charge in [0.25, 0.3) is 5.91 Å². The zero-order valence-electron chi connectivity index (χ0n) is 11.8. The number of carbonyl (C=O) groups excluding carboxylic acids is 1. The molecule has 1 aromatic carbocycles. The highest BCUT2D eigenvalue weighted by Crippen LogP contribution is 2.17. The van der Waals surface area contributed by atoms with E-state index in [1.807, 2.05) is 43.3 Å². The summed E-state index contributed by atoms with van der Waals surface area (Å²) in [6.07, 6.45) is 3.22. The lowest BCUT2D eigenvalue weighted by molar-refractivity contribution is -0.120. The number of hydrazone groups is 1. The molecule has 0 fully saturated rings. The summed E-state index contributed by atoms with van der Waals surface area (Å²) in [5.74, 6) is 0.697. The number of aromatic nitrogens is 1. The molecule has 0 aliphatic heterocycles. The number of nitrogens with one attached hydrogen (secondary N) is 1. The van der Waals surface area contributed by atoms with Crippen molar-refractivity contribution < 1.29 is 4.79 Å². The zero-order valence-corrected chi connectivity index (χ0v) is 12.6. The molecule has 0 spiro atoms. The minimum absolute atomic E-state index is 0.108. The van der Waals surface area contributed by atoms with Gasteiger partial charge in [0.05, 0.1) is 17.2 Å². The van der Waals surface area contributed by atoms with Gasteiger partial charge in [-0.1, -0.05) is 36.4 Å². The molecule has 21 heavy (non-hydrogen) atoms. The normalized spacial score (nSPS) is 12.2. The first-order chi connectivity index (χ1) is 10.3. The lowest BCUT2D eigenvalue weighted by Crippen LogP contribution is -2.27. The fraction of sp³-hybridized carbons (Fsp3) is 0.188. The first kappa shape index (κ1) is 15.3.